The highest BCUT2D eigenvalue weighted by molar-refractivity contribution is 5.94. The van der Waals surface area contributed by atoms with Crippen LogP contribution >= 0.6 is 0 Å². The summed E-state index contributed by atoms with van der Waals surface area (Å²) in [6.45, 7) is 0. The molecule has 0 spiro atoms. The monoisotopic (exact) mass is 207 g/mol. The first kappa shape index (κ1) is 10.8. The van der Waals surface area contributed by atoms with E-state index < -0.39 is 11.7 Å². The first-order chi connectivity index (χ1) is 7.15. The van der Waals surface area contributed by atoms with Crippen molar-refractivity contribution in [3.8, 4) is 0 Å². The van der Waals surface area contributed by atoms with E-state index in [2.05, 4.69) is 5.32 Å². The SMILES string of the molecule is O=CC(O)=CNc1ccccc1C(=O)O. The lowest BCUT2D eigenvalue weighted by atomic mass is 10.2. The second-order valence-corrected chi connectivity index (χ2v) is 2.68. The molecule has 1 aromatic rings. The molecule has 0 atom stereocenters. The number of benzene rings is 1. The number of anilines is 1. The number of aldehydes is 1. The fourth-order valence-electron chi connectivity index (χ4n) is 0.981. The number of carboxylic acids is 1. The van der Waals surface area contributed by atoms with Crippen LogP contribution in [-0.2, 0) is 4.79 Å². The first-order valence-electron chi connectivity index (χ1n) is 4.08. The number of hydrogen-bond donors (Lipinski definition) is 3. The first-order valence-corrected chi connectivity index (χ1v) is 4.08. The lowest BCUT2D eigenvalue weighted by Crippen LogP contribution is -2.02. The number of hydrogen-bond acceptors (Lipinski definition) is 4. The van der Waals surface area contributed by atoms with E-state index in [0.717, 1.165) is 6.20 Å². The van der Waals surface area contributed by atoms with Gasteiger partial charge in [0.05, 0.1) is 11.3 Å². The number of aromatic carboxylic acids is 1. The van der Waals surface area contributed by atoms with Crippen molar-refractivity contribution in [2.75, 3.05) is 5.32 Å². The zero-order chi connectivity index (χ0) is 11.3. The summed E-state index contributed by atoms with van der Waals surface area (Å²) in [4.78, 5) is 20.8. The largest absolute Gasteiger partial charge is 0.504 e. The third-order valence-corrected chi connectivity index (χ3v) is 1.65. The highest BCUT2D eigenvalue weighted by Gasteiger charge is 2.07. The fourth-order valence-corrected chi connectivity index (χ4v) is 0.981. The third-order valence-electron chi connectivity index (χ3n) is 1.65. The number of nitrogens with one attached hydrogen (secondary N) is 1. The van der Waals surface area contributed by atoms with Crippen molar-refractivity contribution in [1.29, 1.82) is 0 Å². The van der Waals surface area contributed by atoms with Gasteiger partial charge in [0.1, 0.15) is 0 Å². The van der Waals surface area contributed by atoms with Gasteiger partial charge in [0.25, 0.3) is 0 Å². The number of allylic oxidation sites excluding steroid dienone is 1. The van der Waals surface area contributed by atoms with Crippen molar-refractivity contribution in [2.45, 2.75) is 0 Å². The molecule has 15 heavy (non-hydrogen) atoms. The predicted molar refractivity (Wildman–Crippen MR) is 53.8 cm³/mol. The van der Waals surface area contributed by atoms with Gasteiger partial charge in [0, 0.05) is 6.20 Å². The molecule has 0 aliphatic heterocycles. The zero-order valence-electron chi connectivity index (χ0n) is 7.68. The summed E-state index contributed by atoms with van der Waals surface area (Å²) in [5.41, 5.74) is 0.367. The van der Waals surface area contributed by atoms with Crippen molar-refractivity contribution in [3.63, 3.8) is 0 Å². The standard InChI is InChI=1S/C10H9NO4/c12-6-7(13)5-11-9-4-2-1-3-8(9)10(14)15/h1-6,11,13H,(H,14,15). The molecule has 0 heterocycles. The molecule has 0 radical (unpaired) electrons. The smallest absolute Gasteiger partial charge is 0.337 e. The van der Waals surface area contributed by atoms with Crippen LogP contribution in [0, 0.1) is 0 Å². The second kappa shape index (κ2) is 4.80. The molecule has 0 amide bonds. The molecular formula is C10H9NO4. The molecule has 78 valence electrons. The molecule has 1 rings (SSSR count). The molecule has 0 saturated heterocycles. The minimum Gasteiger partial charge on any atom is -0.504 e. The number of carbonyl (C=O) groups excluding carboxylic acids is 1. The highest BCUT2D eigenvalue weighted by Crippen LogP contribution is 2.14. The Kier molecular flexibility index (Phi) is 3.45. The number of aliphatic hydroxyl groups is 1. The van der Waals surface area contributed by atoms with Crippen LogP contribution in [0.15, 0.2) is 36.2 Å². The van der Waals surface area contributed by atoms with Crippen molar-refractivity contribution in [3.05, 3.63) is 41.8 Å². The fraction of sp³-hybridized carbons (Fsp3) is 0. The Bertz CT molecular complexity index is 412. The van der Waals surface area contributed by atoms with E-state index in [-0.39, 0.29) is 11.8 Å². The van der Waals surface area contributed by atoms with Crippen LogP contribution in [0.1, 0.15) is 10.4 Å². The molecule has 0 aliphatic carbocycles. The molecule has 5 heteroatoms. The minimum absolute atomic E-state index is 0.0625. The Morgan fingerprint density at radius 2 is 1.93 bits per heavy atom. The van der Waals surface area contributed by atoms with Crippen molar-refractivity contribution < 1.29 is 19.8 Å². The maximum Gasteiger partial charge on any atom is 0.337 e. The maximum atomic E-state index is 10.7. The lowest BCUT2D eigenvalue weighted by Gasteiger charge is -2.04. The average Bonchev–Trinajstić information content (AvgIpc) is 2.26. The molecule has 3 N–H and O–H groups in total. The summed E-state index contributed by atoms with van der Waals surface area (Å²) in [6, 6.07) is 6.16. The third kappa shape index (κ3) is 2.84. The van der Waals surface area contributed by atoms with Gasteiger partial charge >= 0.3 is 5.97 Å². The van der Waals surface area contributed by atoms with Crippen LogP contribution in [0.3, 0.4) is 0 Å². The van der Waals surface area contributed by atoms with Crippen LogP contribution in [0.5, 0.6) is 0 Å². The lowest BCUT2D eigenvalue weighted by molar-refractivity contribution is -0.106. The Balaban J connectivity index is 2.94. The summed E-state index contributed by atoms with van der Waals surface area (Å²) in [7, 11) is 0. The quantitative estimate of drug-likeness (QED) is 0.394. The van der Waals surface area contributed by atoms with Crippen LogP contribution < -0.4 is 5.32 Å². The van der Waals surface area contributed by atoms with Gasteiger partial charge in [-0.2, -0.15) is 0 Å². The van der Waals surface area contributed by atoms with Crippen molar-refractivity contribution >= 4 is 17.9 Å². The Labute approximate surface area is 85.7 Å². The van der Waals surface area contributed by atoms with Crippen LogP contribution in [0.2, 0.25) is 0 Å². The number of carbonyl (C=O) groups is 2. The number of para-hydroxylation sites is 1. The predicted octanol–water partition coefficient (Wildman–Crippen LogP) is 1.40. The van der Waals surface area contributed by atoms with Crippen LogP contribution in [0.25, 0.3) is 0 Å². The number of carboxylic acid groups (broad SMARTS) is 1. The van der Waals surface area contributed by atoms with Crippen molar-refractivity contribution in [2.24, 2.45) is 0 Å². The normalized spacial score (nSPS) is 10.8. The van der Waals surface area contributed by atoms with Gasteiger partial charge in [-0.15, -0.1) is 0 Å². The van der Waals surface area contributed by atoms with Gasteiger partial charge in [-0.25, -0.2) is 4.79 Å². The summed E-state index contributed by atoms with van der Waals surface area (Å²) in [5.74, 6) is -1.59. The maximum absolute atomic E-state index is 10.7. The summed E-state index contributed by atoms with van der Waals surface area (Å²) in [5, 5.41) is 20.1. The molecule has 0 aromatic heterocycles. The van der Waals surface area contributed by atoms with E-state index in [1.807, 2.05) is 0 Å². The van der Waals surface area contributed by atoms with E-state index in [0.29, 0.717) is 5.69 Å². The minimum atomic E-state index is -1.09. The van der Waals surface area contributed by atoms with E-state index in [1.54, 1.807) is 12.1 Å². The molecule has 0 unspecified atom stereocenters. The Morgan fingerprint density at radius 1 is 1.27 bits per heavy atom. The second-order valence-electron chi connectivity index (χ2n) is 2.68. The average molecular weight is 207 g/mol. The molecule has 0 saturated carbocycles. The van der Waals surface area contributed by atoms with E-state index in [1.165, 1.54) is 12.1 Å². The zero-order valence-corrected chi connectivity index (χ0v) is 7.68. The molecule has 1 aromatic carbocycles. The van der Waals surface area contributed by atoms with Crippen LogP contribution in [0.4, 0.5) is 5.69 Å². The van der Waals surface area contributed by atoms with Crippen molar-refractivity contribution in [1.82, 2.24) is 0 Å². The van der Waals surface area contributed by atoms with E-state index in [9.17, 15) is 9.59 Å². The molecule has 0 aliphatic rings. The summed E-state index contributed by atoms with van der Waals surface area (Å²) in [6.07, 6.45) is 1.27. The van der Waals surface area contributed by atoms with Gasteiger partial charge in [0.15, 0.2) is 12.0 Å². The molecule has 5 nitrogen and oxygen atoms in total. The van der Waals surface area contributed by atoms with Gasteiger partial charge < -0.3 is 15.5 Å². The summed E-state index contributed by atoms with van der Waals surface area (Å²) >= 11 is 0. The highest BCUT2D eigenvalue weighted by atomic mass is 16.4. The van der Waals surface area contributed by atoms with E-state index >= 15 is 0 Å². The molecule has 0 bridgehead atoms. The van der Waals surface area contributed by atoms with Crippen LogP contribution in [-0.4, -0.2) is 22.5 Å². The number of rotatable bonds is 4. The van der Waals surface area contributed by atoms with Gasteiger partial charge in [-0.05, 0) is 12.1 Å². The number of aliphatic hydroxyl groups excluding tert-OH is 1. The van der Waals surface area contributed by atoms with Gasteiger partial charge in [0.2, 0.25) is 0 Å². The molecule has 0 fully saturated rings. The Hall–Kier alpha value is -2.30. The summed E-state index contributed by atoms with van der Waals surface area (Å²) < 4.78 is 0. The van der Waals surface area contributed by atoms with Gasteiger partial charge in [-0.3, -0.25) is 4.79 Å². The Morgan fingerprint density at radius 3 is 2.53 bits per heavy atom. The topological polar surface area (TPSA) is 86.6 Å². The van der Waals surface area contributed by atoms with E-state index in [4.69, 9.17) is 10.2 Å². The molecular weight excluding hydrogens is 198 g/mol. The van der Waals surface area contributed by atoms with Gasteiger partial charge in [-0.1, -0.05) is 12.1 Å².